The quantitative estimate of drug-likeness (QED) is 0.338. The molecule has 8 nitrogen and oxygen atoms in total. The van der Waals surface area contributed by atoms with Gasteiger partial charge in [-0.1, -0.05) is 26.8 Å². The van der Waals surface area contributed by atoms with Crippen LogP contribution in [0.15, 0.2) is 36.5 Å². The molecular formula is C27H35FN6O2Si. The summed E-state index contributed by atoms with van der Waals surface area (Å²) >= 11 is 0. The summed E-state index contributed by atoms with van der Waals surface area (Å²) < 4.78 is 30.7. The third kappa shape index (κ3) is 4.69. The van der Waals surface area contributed by atoms with Gasteiger partial charge in [-0.25, -0.2) is 4.39 Å². The van der Waals surface area contributed by atoms with E-state index >= 15 is 0 Å². The summed E-state index contributed by atoms with van der Waals surface area (Å²) in [6.45, 7) is 15.2. The SMILES string of the molecule is Cc1cc2cnn(CCO[Si](C)(C)C(C)(C)C)c2cc1-c1cc(F)ccc1[C@@H]1COCc2nnc(N)n21. The van der Waals surface area contributed by atoms with Crippen molar-refractivity contribution < 1.29 is 13.6 Å². The zero-order valence-electron chi connectivity index (χ0n) is 22.4. The molecule has 5 rings (SSSR count). The third-order valence-electron chi connectivity index (χ3n) is 7.84. The number of ether oxygens (including phenoxy) is 1. The number of aryl methyl sites for hydroxylation is 1. The zero-order chi connectivity index (χ0) is 26.5. The van der Waals surface area contributed by atoms with Gasteiger partial charge < -0.3 is 14.9 Å². The number of anilines is 1. The molecule has 10 heteroatoms. The van der Waals surface area contributed by atoms with Crippen LogP contribution in [0.25, 0.3) is 22.0 Å². The molecule has 0 radical (unpaired) electrons. The second-order valence-corrected chi connectivity index (χ2v) is 16.1. The van der Waals surface area contributed by atoms with E-state index in [2.05, 4.69) is 61.3 Å². The fourth-order valence-corrected chi connectivity index (χ4v) is 5.74. The Morgan fingerprint density at radius 1 is 1.16 bits per heavy atom. The highest BCUT2D eigenvalue weighted by Gasteiger charge is 2.37. The molecule has 1 aliphatic rings. The van der Waals surface area contributed by atoms with Crippen molar-refractivity contribution in [3.63, 3.8) is 0 Å². The zero-order valence-corrected chi connectivity index (χ0v) is 23.4. The number of fused-ring (bicyclic) bond motifs is 2. The molecule has 1 atom stereocenters. The Morgan fingerprint density at radius 2 is 1.95 bits per heavy atom. The fourth-order valence-electron chi connectivity index (χ4n) is 4.71. The normalized spacial score (nSPS) is 16.4. The van der Waals surface area contributed by atoms with E-state index in [9.17, 15) is 4.39 Å². The van der Waals surface area contributed by atoms with Gasteiger partial charge in [0.2, 0.25) is 5.95 Å². The van der Waals surface area contributed by atoms with Crippen LogP contribution in [-0.2, 0) is 22.3 Å². The maximum Gasteiger partial charge on any atom is 0.222 e. The summed E-state index contributed by atoms with van der Waals surface area (Å²) in [7, 11) is -1.86. The average Bonchev–Trinajstić information content (AvgIpc) is 3.40. The first-order chi connectivity index (χ1) is 17.5. The van der Waals surface area contributed by atoms with Crippen molar-refractivity contribution in [3.8, 4) is 11.1 Å². The van der Waals surface area contributed by atoms with E-state index in [4.69, 9.17) is 14.9 Å². The Morgan fingerprint density at radius 3 is 2.70 bits per heavy atom. The second kappa shape index (κ2) is 9.34. The number of benzene rings is 2. The predicted octanol–water partition coefficient (Wildman–Crippen LogP) is 5.47. The first kappa shape index (κ1) is 25.6. The summed E-state index contributed by atoms with van der Waals surface area (Å²) in [5.74, 6) is 0.685. The van der Waals surface area contributed by atoms with Crippen LogP contribution in [0.2, 0.25) is 18.1 Å². The molecule has 3 heterocycles. The minimum atomic E-state index is -1.86. The smallest absolute Gasteiger partial charge is 0.222 e. The van der Waals surface area contributed by atoms with Gasteiger partial charge in [-0.2, -0.15) is 5.10 Å². The van der Waals surface area contributed by atoms with Crippen molar-refractivity contribution in [1.82, 2.24) is 24.5 Å². The highest BCUT2D eigenvalue weighted by atomic mass is 28.4. The van der Waals surface area contributed by atoms with Crippen LogP contribution in [0.4, 0.5) is 10.3 Å². The minimum absolute atomic E-state index is 0.147. The van der Waals surface area contributed by atoms with Gasteiger partial charge in [0.15, 0.2) is 14.1 Å². The molecule has 0 bridgehead atoms. The lowest BCUT2D eigenvalue weighted by atomic mass is 9.91. The molecule has 2 aromatic carbocycles. The molecule has 0 unspecified atom stereocenters. The van der Waals surface area contributed by atoms with E-state index in [-0.39, 0.29) is 16.9 Å². The number of rotatable bonds is 6. The maximum absolute atomic E-state index is 14.6. The summed E-state index contributed by atoms with van der Waals surface area (Å²) in [6.07, 6.45) is 1.88. The minimum Gasteiger partial charge on any atom is -0.415 e. The van der Waals surface area contributed by atoms with Gasteiger partial charge in [0, 0.05) is 5.39 Å². The van der Waals surface area contributed by atoms with Crippen molar-refractivity contribution in [1.29, 1.82) is 0 Å². The van der Waals surface area contributed by atoms with Crippen molar-refractivity contribution in [2.75, 3.05) is 18.9 Å². The van der Waals surface area contributed by atoms with E-state index in [1.54, 1.807) is 12.1 Å². The lowest BCUT2D eigenvalue weighted by Crippen LogP contribution is -2.41. The van der Waals surface area contributed by atoms with Crippen LogP contribution in [-0.4, -0.2) is 46.1 Å². The molecule has 0 saturated carbocycles. The second-order valence-electron chi connectivity index (χ2n) is 11.3. The van der Waals surface area contributed by atoms with Gasteiger partial charge in [-0.3, -0.25) is 9.25 Å². The number of nitrogens with two attached hydrogens (primary N) is 1. The van der Waals surface area contributed by atoms with Gasteiger partial charge in [0.25, 0.3) is 0 Å². The van der Waals surface area contributed by atoms with Gasteiger partial charge >= 0.3 is 0 Å². The van der Waals surface area contributed by atoms with Crippen LogP contribution in [0, 0.1) is 12.7 Å². The molecule has 0 fully saturated rings. The number of hydrogen-bond donors (Lipinski definition) is 1. The van der Waals surface area contributed by atoms with E-state index in [0.717, 1.165) is 33.2 Å². The third-order valence-corrected chi connectivity index (χ3v) is 12.4. The van der Waals surface area contributed by atoms with E-state index in [1.807, 2.05) is 22.4 Å². The molecule has 0 aliphatic carbocycles. The largest absolute Gasteiger partial charge is 0.415 e. The number of nitrogen functional groups attached to an aromatic ring is 1. The van der Waals surface area contributed by atoms with Crippen LogP contribution < -0.4 is 5.73 Å². The summed E-state index contributed by atoms with van der Waals surface area (Å²) in [5.41, 5.74) is 10.8. The Kier molecular flexibility index (Phi) is 6.45. The van der Waals surface area contributed by atoms with E-state index in [0.29, 0.717) is 38.1 Å². The van der Waals surface area contributed by atoms with Crippen LogP contribution in [0.5, 0.6) is 0 Å². The van der Waals surface area contributed by atoms with Crippen LogP contribution in [0.1, 0.15) is 43.8 Å². The molecule has 37 heavy (non-hydrogen) atoms. The van der Waals surface area contributed by atoms with Crippen molar-refractivity contribution in [2.45, 2.75) is 65.0 Å². The summed E-state index contributed by atoms with van der Waals surface area (Å²) in [4.78, 5) is 0. The van der Waals surface area contributed by atoms with Crippen molar-refractivity contribution in [3.05, 3.63) is 59.3 Å². The highest BCUT2D eigenvalue weighted by molar-refractivity contribution is 6.74. The van der Waals surface area contributed by atoms with Crippen molar-refractivity contribution >= 4 is 25.2 Å². The molecule has 2 N–H and O–H groups in total. The fraction of sp³-hybridized carbons (Fsp3) is 0.444. The Bertz CT molecular complexity index is 1460. The highest BCUT2D eigenvalue weighted by Crippen LogP contribution is 2.38. The standard InChI is InChI=1S/C27H35FN6O2Si/c1-17-11-18-14-30-33(9-10-36-37(5,6)27(2,3)4)23(18)13-21(17)22-12-19(28)7-8-20(22)24-15-35-16-25-31-32-26(29)34(24)25/h7-8,11-14,24H,9-10,15-16H2,1-6H3,(H2,29,32)/t24-/m0/s1. The topological polar surface area (TPSA) is 93.0 Å². The predicted molar refractivity (Wildman–Crippen MR) is 145 cm³/mol. The van der Waals surface area contributed by atoms with E-state index in [1.165, 1.54) is 6.07 Å². The molecule has 0 amide bonds. The van der Waals surface area contributed by atoms with Gasteiger partial charge in [0.05, 0.1) is 37.5 Å². The first-order valence-electron chi connectivity index (χ1n) is 12.6. The number of halogens is 1. The lowest BCUT2D eigenvalue weighted by Gasteiger charge is -2.36. The lowest BCUT2D eigenvalue weighted by molar-refractivity contribution is 0.0672. The molecule has 0 spiro atoms. The Hall–Kier alpha value is -3.08. The summed E-state index contributed by atoms with van der Waals surface area (Å²) in [6, 6.07) is 8.81. The van der Waals surface area contributed by atoms with E-state index < -0.39 is 8.32 Å². The molecule has 0 saturated heterocycles. The monoisotopic (exact) mass is 522 g/mol. The molecule has 1 aliphatic heterocycles. The number of hydrogen-bond acceptors (Lipinski definition) is 6. The summed E-state index contributed by atoms with van der Waals surface area (Å²) in [5, 5.41) is 14.0. The Labute approximate surface area is 217 Å². The average molecular weight is 523 g/mol. The Balaban J connectivity index is 1.53. The van der Waals surface area contributed by atoms with Gasteiger partial charge in [-0.05, 0) is 71.6 Å². The van der Waals surface area contributed by atoms with Gasteiger partial charge in [-0.15, -0.1) is 10.2 Å². The molecule has 2 aromatic heterocycles. The molecule has 196 valence electrons. The maximum atomic E-state index is 14.6. The van der Waals surface area contributed by atoms with Gasteiger partial charge in [0.1, 0.15) is 12.4 Å². The molecular weight excluding hydrogens is 487 g/mol. The van der Waals surface area contributed by atoms with Crippen LogP contribution >= 0.6 is 0 Å². The molecule has 4 aromatic rings. The first-order valence-corrected chi connectivity index (χ1v) is 15.5. The number of nitrogens with zero attached hydrogens (tertiary/aromatic N) is 5. The van der Waals surface area contributed by atoms with Crippen molar-refractivity contribution in [2.24, 2.45) is 0 Å². The number of aromatic nitrogens is 5. The van der Waals surface area contributed by atoms with Crippen LogP contribution in [0.3, 0.4) is 0 Å².